The van der Waals surface area contributed by atoms with Gasteiger partial charge in [0.15, 0.2) is 5.15 Å². The van der Waals surface area contributed by atoms with E-state index in [-0.39, 0.29) is 15.7 Å². The smallest absolute Gasteiger partial charge is 0.273 e. The molecule has 10 heavy (non-hydrogen) atoms. The van der Waals surface area contributed by atoms with E-state index < -0.39 is 0 Å². The lowest BCUT2D eigenvalue weighted by molar-refractivity contribution is 0.825. The molecule has 0 saturated heterocycles. The van der Waals surface area contributed by atoms with Gasteiger partial charge in [-0.05, 0) is 0 Å². The minimum absolute atomic E-state index is 0.0355. The molecule has 0 unspecified atom stereocenters. The van der Waals surface area contributed by atoms with E-state index in [9.17, 15) is 4.79 Å². The number of aromatic nitrogens is 2. The first-order chi connectivity index (χ1) is 4.63. The first-order valence-electron chi connectivity index (χ1n) is 2.49. The predicted octanol–water partition coefficient (Wildman–Crippen LogP) is 1.09. The molecule has 0 atom stereocenters. The Labute approximate surface area is 67.2 Å². The largest absolute Gasteiger partial charge is 0.301 e. The van der Waals surface area contributed by atoms with Crippen molar-refractivity contribution in [1.82, 2.24) is 9.55 Å². The van der Waals surface area contributed by atoms with Crippen molar-refractivity contribution in [3.05, 3.63) is 26.9 Å². The highest BCUT2D eigenvalue weighted by atomic mass is 35.5. The summed E-state index contributed by atoms with van der Waals surface area (Å²) in [5, 5.41) is 0.0106. The van der Waals surface area contributed by atoms with E-state index in [1.807, 2.05) is 0 Å². The van der Waals surface area contributed by atoms with Crippen LogP contribution in [0.5, 0.6) is 0 Å². The van der Waals surface area contributed by atoms with Crippen LogP contribution in [-0.4, -0.2) is 9.55 Å². The second kappa shape index (κ2) is 2.60. The maximum atomic E-state index is 10.9. The molecule has 54 valence electrons. The Bertz CT molecular complexity index is 307. The normalized spacial score (nSPS) is 9.90. The highest BCUT2D eigenvalue weighted by molar-refractivity contribution is 6.40. The van der Waals surface area contributed by atoms with Gasteiger partial charge in [-0.25, -0.2) is 4.98 Å². The van der Waals surface area contributed by atoms with E-state index >= 15 is 0 Å². The zero-order valence-electron chi connectivity index (χ0n) is 5.14. The van der Waals surface area contributed by atoms with Crippen molar-refractivity contribution >= 4 is 23.2 Å². The zero-order chi connectivity index (χ0) is 7.72. The van der Waals surface area contributed by atoms with Crippen molar-refractivity contribution in [2.24, 2.45) is 7.05 Å². The van der Waals surface area contributed by atoms with Gasteiger partial charge in [-0.1, -0.05) is 23.2 Å². The Morgan fingerprint density at radius 3 is 2.70 bits per heavy atom. The summed E-state index contributed by atoms with van der Waals surface area (Å²) < 4.78 is 1.26. The molecule has 5 heteroatoms. The third kappa shape index (κ3) is 1.15. The van der Waals surface area contributed by atoms with Crippen LogP contribution in [0.25, 0.3) is 0 Å². The van der Waals surface area contributed by atoms with Gasteiger partial charge in [0.2, 0.25) is 0 Å². The first-order valence-corrected chi connectivity index (χ1v) is 3.25. The second-order valence-corrected chi connectivity index (χ2v) is 2.50. The van der Waals surface area contributed by atoms with Crippen LogP contribution in [0.2, 0.25) is 10.2 Å². The molecule has 0 saturated carbocycles. The van der Waals surface area contributed by atoms with Crippen molar-refractivity contribution in [3.8, 4) is 0 Å². The molecule has 0 spiro atoms. The molecule has 0 N–H and O–H groups in total. The van der Waals surface area contributed by atoms with Gasteiger partial charge in [0.1, 0.15) is 5.02 Å². The average molecular weight is 179 g/mol. The predicted molar refractivity (Wildman–Crippen MR) is 39.5 cm³/mol. The van der Waals surface area contributed by atoms with Crippen molar-refractivity contribution < 1.29 is 0 Å². The zero-order valence-corrected chi connectivity index (χ0v) is 6.65. The third-order valence-electron chi connectivity index (χ3n) is 1.03. The van der Waals surface area contributed by atoms with Crippen molar-refractivity contribution in [2.45, 2.75) is 0 Å². The van der Waals surface area contributed by atoms with Crippen LogP contribution in [0.1, 0.15) is 0 Å². The second-order valence-electron chi connectivity index (χ2n) is 1.77. The SMILES string of the molecule is Cn1cnc(Cl)c(Cl)c1=O. The molecule has 1 rings (SSSR count). The van der Waals surface area contributed by atoms with Crippen LogP contribution in [0.4, 0.5) is 0 Å². The lowest BCUT2D eigenvalue weighted by atomic mass is 10.6. The van der Waals surface area contributed by atoms with Crippen LogP contribution in [-0.2, 0) is 7.05 Å². The minimum atomic E-state index is -0.332. The van der Waals surface area contributed by atoms with E-state index in [0.717, 1.165) is 0 Å². The Morgan fingerprint density at radius 1 is 1.60 bits per heavy atom. The van der Waals surface area contributed by atoms with E-state index in [1.54, 1.807) is 7.05 Å². The molecule has 1 aromatic rings. The molecule has 1 aromatic heterocycles. The van der Waals surface area contributed by atoms with Gasteiger partial charge < -0.3 is 4.57 Å². The average Bonchev–Trinajstić information content (AvgIpc) is 1.93. The Morgan fingerprint density at radius 2 is 2.20 bits per heavy atom. The van der Waals surface area contributed by atoms with E-state index in [4.69, 9.17) is 23.2 Å². The standard InChI is InChI=1S/C5H4Cl2N2O/c1-9-2-8-4(7)3(6)5(9)10/h2H,1H3. The van der Waals surface area contributed by atoms with E-state index in [1.165, 1.54) is 10.9 Å². The number of rotatable bonds is 0. The Hall–Kier alpha value is -0.540. The number of hydrogen-bond acceptors (Lipinski definition) is 2. The lowest BCUT2D eigenvalue weighted by Crippen LogP contribution is -2.17. The molecule has 0 aliphatic carbocycles. The van der Waals surface area contributed by atoms with Gasteiger partial charge in [-0.3, -0.25) is 4.79 Å². The fourth-order valence-corrected chi connectivity index (χ4v) is 0.796. The summed E-state index contributed by atoms with van der Waals surface area (Å²) >= 11 is 10.9. The lowest BCUT2D eigenvalue weighted by Gasteiger charge is -1.96. The summed E-state index contributed by atoms with van der Waals surface area (Å²) in [5.41, 5.74) is -0.332. The Kier molecular flexibility index (Phi) is 1.97. The van der Waals surface area contributed by atoms with Crippen LogP contribution in [0.15, 0.2) is 11.1 Å². The number of aryl methyl sites for hydroxylation is 1. The van der Waals surface area contributed by atoms with Crippen molar-refractivity contribution in [3.63, 3.8) is 0 Å². The molecular weight excluding hydrogens is 175 g/mol. The topological polar surface area (TPSA) is 34.9 Å². The number of nitrogens with zero attached hydrogens (tertiary/aromatic N) is 2. The van der Waals surface area contributed by atoms with Gasteiger partial charge in [-0.15, -0.1) is 0 Å². The minimum Gasteiger partial charge on any atom is -0.301 e. The van der Waals surface area contributed by atoms with E-state index in [2.05, 4.69) is 4.98 Å². The summed E-state index contributed by atoms with van der Waals surface area (Å²) in [6.07, 6.45) is 1.32. The van der Waals surface area contributed by atoms with Gasteiger partial charge in [0.05, 0.1) is 6.33 Å². The molecule has 0 radical (unpaired) electrons. The highest BCUT2D eigenvalue weighted by Gasteiger charge is 2.03. The number of halogens is 2. The fraction of sp³-hybridized carbons (Fsp3) is 0.200. The molecule has 0 aliphatic heterocycles. The molecule has 3 nitrogen and oxygen atoms in total. The molecule has 1 heterocycles. The summed E-state index contributed by atoms with van der Waals surface area (Å²) in [4.78, 5) is 14.5. The van der Waals surface area contributed by atoms with E-state index in [0.29, 0.717) is 0 Å². The van der Waals surface area contributed by atoms with Crippen LogP contribution >= 0.6 is 23.2 Å². The first kappa shape index (κ1) is 7.57. The molecule has 0 aliphatic rings. The van der Waals surface area contributed by atoms with Gasteiger partial charge in [0, 0.05) is 7.05 Å². The maximum Gasteiger partial charge on any atom is 0.273 e. The highest BCUT2D eigenvalue weighted by Crippen LogP contribution is 2.11. The van der Waals surface area contributed by atoms with Crippen LogP contribution in [0, 0.1) is 0 Å². The van der Waals surface area contributed by atoms with Crippen LogP contribution in [0.3, 0.4) is 0 Å². The molecule has 0 amide bonds. The van der Waals surface area contributed by atoms with Gasteiger partial charge in [-0.2, -0.15) is 0 Å². The maximum absolute atomic E-state index is 10.9. The van der Waals surface area contributed by atoms with Crippen LogP contribution < -0.4 is 5.56 Å². The summed E-state index contributed by atoms with van der Waals surface area (Å²) in [6, 6.07) is 0. The Balaban J connectivity index is 3.50. The quantitative estimate of drug-likeness (QED) is 0.558. The monoisotopic (exact) mass is 178 g/mol. The summed E-state index contributed by atoms with van der Waals surface area (Å²) in [5.74, 6) is 0. The fourth-order valence-electron chi connectivity index (χ4n) is 0.489. The molecular formula is C5H4Cl2N2O. The van der Waals surface area contributed by atoms with Gasteiger partial charge >= 0.3 is 0 Å². The molecule has 0 bridgehead atoms. The van der Waals surface area contributed by atoms with Gasteiger partial charge in [0.25, 0.3) is 5.56 Å². The van der Waals surface area contributed by atoms with Crippen molar-refractivity contribution in [1.29, 1.82) is 0 Å². The molecule has 0 aromatic carbocycles. The molecule has 0 fully saturated rings. The van der Waals surface area contributed by atoms with Crippen molar-refractivity contribution in [2.75, 3.05) is 0 Å². The summed E-state index contributed by atoms with van der Waals surface area (Å²) in [7, 11) is 1.55. The number of hydrogen-bond donors (Lipinski definition) is 0. The summed E-state index contributed by atoms with van der Waals surface area (Å²) in [6.45, 7) is 0. The third-order valence-corrected chi connectivity index (χ3v) is 1.76.